The van der Waals surface area contributed by atoms with Gasteiger partial charge in [-0.3, -0.25) is 9.89 Å². The number of aliphatic carboxylic acids is 1. The smallest absolute Gasteiger partial charge is 0.336 e. The number of carboxylic acid groups (broad SMARTS) is 2. The molecular weight excluding hydrogens is 472 g/mol. The average Bonchev–Trinajstić information content (AvgIpc) is 3.52. The lowest BCUT2D eigenvalue weighted by molar-refractivity contribution is -0.132. The molecule has 0 spiro atoms. The Bertz CT molecular complexity index is 1270. The lowest BCUT2D eigenvalue weighted by Gasteiger charge is -2.23. The number of hydrogen-bond acceptors (Lipinski definition) is 5. The first-order valence-electron chi connectivity index (χ1n) is 12.1. The van der Waals surface area contributed by atoms with Crippen molar-refractivity contribution in [3.05, 3.63) is 93.7 Å². The molecule has 2 aromatic carbocycles. The summed E-state index contributed by atoms with van der Waals surface area (Å²) in [6.07, 6.45) is 5.03. The van der Waals surface area contributed by atoms with Crippen LogP contribution in [0.15, 0.2) is 82.7 Å². The van der Waals surface area contributed by atoms with E-state index in [1.54, 1.807) is 23.5 Å². The summed E-state index contributed by atoms with van der Waals surface area (Å²) in [5.74, 6) is -1.88. The summed E-state index contributed by atoms with van der Waals surface area (Å²) < 4.78 is 0. The Hall–Kier alpha value is -3.55. The number of aromatic carboxylic acids is 1. The molecule has 7 heteroatoms. The molecule has 6 nitrogen and oxygen atoms in total. The minimum atomic E-state index is -0.954. The van der Waals surface area contributed by atoms with Crippen molar-refractivity contribution in [2.75, 3.05) is 6.54 Å². The van der Waals surface area contributed by atoms with Crippen LogP contribution in [0.5, 0.6) is 0 Å². The van der Waals surface area contributed by atoms with Crippen LogP contribution in [0.3, 0.4) is 0 Å². The molecule has 1 aliphatic heterocycles. The van der Waals surface area contributed by atoms with Gasteiger partial charge < -0.3 is 10.2 Å². The molecule has 0 saturated heterocycles. The molecule has 0 aliphatic carbocycles. The number of carbonyl (C=O) groups is 2. The fraction of sp³-hybridized carbons (Fsp3) is 0.276. The summed E-state index contributed by atoms with van der Waals surface area (Å²) in [6, 6.07) is 18.9. The van der Waals surface area contributed by atoms with Gasteiger partial charge in [-0.2, -0.15) is 0 Å². The molecule has 186 valence electrons. The first-order valence-corrected chi connectivity index (χ1v) is 13.0. The van der Waals surface area contributed by atoms with Gasteiger partial charge in [-0.1, -0.05) is 62.2 Å². The van der Waals surface area contributed by atoms with Crippen molar-refractivity contribution in [2.45, 2.75) is 45.3 Å². The predicted molar refractivity (Wildman–Crippen MR) is 144 cm³/mol. The first kappa shape index (κ1) is 25.5. The summed E-state index contributed by atoms with van der Waals surface area (Å²) in [5, 5.41) is 21.4. The highest BCUT2D eigenvalue weighted by molar-refractivity contribution is 7.09. The predicted octanol–water partition coefficient (Wildman–Crippen LogP) is 6.14. The Morgan fingerprint density at radius 3 is 2.58 bits per heavy atom. The van der Waals surface area contributed by atoms with Crippen LogP contribution in [0.2, 0.25) is 0 Å². The molecule has 3 aromatic rings. The molecule has 36 heavy (non-hydrogen) atoms. The van der Waals surface area contributed by atoms with Gasteiger partial charge >= 0.3 is 11.9 Å². The average molecular weight is 503 g/mol. The van der Waals surface area contributed by atoms with Crippen LogP contribution in [-0.4, -0.2) is 45.5 Å². The number of rotatable bonds is 11. The molecular formula is C29H30N2O4S. The third-order valence-corrected chi connectivity index (χ3v) is 7.14. The second-order valence-corrected chi connectivity index (χ2v) is 9.96. The minimum absolute atomic E-state index is 0.0349. The molecule has 0 fully saturated rings. The standard InChI is InChI=1S/C29H30N2O4S/c1-2-3-11-27-30-23(16-22(28(32)33)17-24-10-7-14-36-24)19-31(27)18-20-12-13-25(29(34)35)26(15-20)21-8-5-4-6-9-21/h4-10,12-16,27H,2-3,11,17-19H2,1H3,(H,32,33)(H,34,35). The fourth-order valence-corrected chi connectivity index (χ4v) is 5.19. The van der Waals surface area contributed by atoms with Crippen molar-refractivity contribution in [3.63, 3.8) is 0 Å². The summed E-state index contributed by atoms with van der Waals surface area (Å²) in [7, 11) is 0. The third kappa shape index (κ3) is 6.36. The number of benzene rings is 2. The molecule has 0 amide bonds. The first-order chi connectivity index (χ1) is 17.4. The molecule has 4 rings (SSSR count). The van der Waals surface area contributed by atoms with E-state index in [1.807, 2.05) is 60.0 Å². The third-order valence-electron chi connectivity index (χ3n) is 6.26. The normalized spacial score (nSPS) is 16.2. The Kier molecular flexibility index (Phi) is 8.46. The van der Waals surface area contributed by atoms with E-state index >= 15 is 0 Å². The Labute approximate surface area is 215 Å². The second-order valence-electron chi connectivity index (χ2n) is 8.93. The number of unbranched alkanes of at least 4 members (excludes halogenated alkanes) is 1. The van der Waals surface area contributed by atoms with Crippen LogP contribution in [0, 0.1) is 0 Å². The number of aliphatic imine (C=N–C) groups is 1. The topological polar surface area (TPSA) is 90.2 Å². The number of hydrogen-bond donors (Lipinski definition) is 2. The molecule has 2 heterocycles. The van der Waals surface area contributed by atoms with E-state index in [4.69, 9.17) is 4.99 Å². The quantitative estimate of drug-likeness (QED) is 0.307. The maximum atomic E-state index is 11.9. The van der Waals surface area contributed by atoms with Crippen molar-refractivity contribution >= 4 is 29.0 Å². The largest absolute Gasteiger partial charge is 0.478 e. The summed E-state index contributed by atoms with van der Waals surface area (Å²) >= 11 is 1.55. The van der Waals surface area contributed by atoms with E-state index in [0.717, 1.165) is 41.0 Å². The van der Waals surface area contributed by atoms with E-state index in [1.165, 1.54) is 0 Å². The van der Waals surface area contributed by atoms with Gasteiger partial charge in [-0.25, -0.2) is 9.59 Å². The molecule has 0 bridgehead atoms. The molecule has 0 radical (unpaired) electrons. The Balaban J connectivity index is 1.58. The van der Waals surface area contributed by atoms with Gasteiger partial charge in [0.2, 0.25) is 0 Å². The Morgan fingerprint density at radius 2 is 1.92 bits per heavy atom. The van der Waals surface area contributed by atoms with Gasteiger partial charge in [-0.15, -0.1) is 11.3 Å². The summed E-state index contributed by atoms with van der Waals surface area (Å²) in [5.41, 5.74) is 3.93. The van der Waals surface area contributed by atoms with Gasteiger partial charge in [0.15, 0.2) is 0 Å². The molecule has 1 atom stereocenters. The van der Waals surface area contributed by atoms with Crippen molar-refractivity contribution < 1.29 is 19.8 Å². The molecule has 2 N–H and O–H groups in total. The summed E-state index contributed by atoms with van der Waals surface area (Å²) in [6.45, 7) is 3.30. The van der Waals surface area contributed by atoms with Crippen molar-refractivity contribution in [1.29, 1.82) is 0 Å². The molecule has 1 aliphatic rings. The van der Waals surface area contributed by atoms with Crippen LogP contribution in [0.25, 0.3) is 11.1 Å². The zero-order valence-electron chi connectivity index (χ0n) is 20.3. The zero-order valence-corrected chi connectivity index (χ0v) is 21.1. The van der Waals surface area contributed by atoms with Crippen LogP contribution in [0.1, 0.15) is 47.0 Å². The fourth-order valence-electron chi connectivity index (χ4n) is 4.46. The van der Waals surface area contributed by atoms with Gasteiger partial charge in [0.05, 0.1) is 11.3 Å². The minimum Gasteiger partial charge on any atom is -0.478 e. The van der Waals surface area contributed by atoms with Crippen LogP contribution >= 0.6 is 11.3 Å². The molecule has 1 aromatic heterocycles. The highest BCUT2D eigenvalue weighted by atomic mass is 32.1. The SMILES string of the molecule is CCCCC1N=C(C=C(Cc2cccs2)C(=O)O)CN1Cc1ccc(C(=O)O)c(-c2ccccc2)c1. The zero-order chi connectivity index (χ0) is 25.5. The van der Waals surface area contributed by atoms with Gasteiger partial charge in [0.25, 0.3) is 0 Å². The number of carboxylic acids is 2. The van der Waals surface area contributed by atoms with Gasteiger partial charge in [0.1, 0.15) is 6.17 Å². The van der Waals surface area contributed by atoms with E-state index in [9.17, 15) is 19.8 Å². The molecule has 1 unspecified atom stereocenters. The second kappa shape index (κ2) is 11.9. The lowest BCUT2D eigenvalue weighted by Crippen LogP contribution is -2.30. The Morgan fingerprint density at radius 1 is 1.11 bits per heavy atom. The number of nitrogens with zero attached hydrogens (tertiary/aromatic N) is 2. The van der Waals surface area contributed by atoms with Crippen LogP contribution < -0.4 is 0 Å². The van der Waals surface area contributed by atoms with Crippen molar-refractivity contribution in [1.82, 2.24) is 4.90 Å². The van der Waals surface area contributed by atoms with E-state index in [2.05, 4.69) is 11.8 Å². The molecule has 0 saturated carbocycles. The van der Waals surface area contributed by atoms with Crippen molar-refractivity contribution in [3.8, 4) is 11.1 Å². The van der Waals surface area contributed by atoms with E-state index in [-0.39, 0.29) is 11.7 Å². The van der Waals surface area contributed by atoms with E-state index in [0.29, 0.717) is 30.6 Å². The highest BCUT2D eigenvalue weighted by Gasteiger charge is 2.26. The maximum Gasteiger partial charge on any atom is 0.336 e. The summed E-state index contributed by atoms with van der Waals surface area (Å²) in [4.78, 5) is 31.9. The monoisotopic (exact) mass is 502 g/mol. The van der Waals surface area contributed by atoms with Crippen LogP contribution in [-0.2, 0) is 17.8 Å². The van der Waals surface area contributed by atoms with E-state index < -0.39 is 11.9 Å². The maximum absolute atomic E-state index is 11.9. The van der Waals surface area contributed by atoms with Crippen LogP contribution in [0.4, 0.5) is 0 Å². The number of thiophene rings is 1. The van der Waals surface area contributed by atoms with Crippen molar-refractivity contribution in [2.24, 2.45) is 4.99 Å². The van der Waals surface area contributed by atoms with Gasteiger partial charge in [0, 0.05) is 30.0 Å². The lowest BCUT2D eigenvalue weighted by atomic mass is 9.97. The highest BCUT2D eigenvalue weighted by Crippen LogP contribution is 2.28. The van der Waals surface area contributed by atoms with Gasteiger partial charge in [-0.05, 0) is 52.8 Å².